The molecule has 0 radical (unpaired) electrons. The van der Waals surface area contributed by atoms with Crippen molar-refractivity contribution in [1.29, 1.82) is 0 Å². The van der Waals surface area contributed by atoms with Crippen LogP contribution < -0.4 is 9.64 Å². The standard InChI is InChI=1S/C50H31NO3/c52-49-38-17-7-8-18-41(38)50(34-13-3-1-4-14-34,35-15-5-2-6-16-35)42-27-23-32(30-40(42)49)33-24-28-45-39(29-33)37-26-25-36(31-48(37)53-45)51-43-19-9-11-21-46(43)54-47-22-12-10-20-44(47)51/h1-31H. The maximum Gasteiger partial charge on any atom is 0.193 e. The molecule has 1 aliphatic heterocycles. The number of ketones is 1. The zero-order chi connectivity index (χ0) is 35.8. The van der Waals surface area contributed by atoms with Gasteiger partial charge in [-0.25, -0.2) is 0 Å². The van der Waals surface area contributed by atoms with Crippen LogP contribution in [0.15, 0.2) is 192 Å². The third-order valence-electron chi connectivity index (χ3n) is 11.1. The van der Waals surface area contributed by atoms with Crippen LogP contribution in [0, 0.1) is 0 Å². The maximum atomic E-state index is 14.5. The van der Waals surface area contributed by atoms with Crippen LogP contribution in [-0.2, 0) is 5.41 Å². The Balaban J connectivity index is 1.05. The molecule has 0 unspecified atom stereocenters. The molecule has 2 heterocycles. The summed E-state index contributed by atoms with van der Waals surface area (Å²) in [6.45, 7) is 0. The van der Waals surface area contributed by atoms with Gasteiger partial charge in [0.1, 0.15) is 11.2 Å². The number of para-hydroxylation sites is 4. The molecule has 0 spiro atoms. The predicted octanol–water partition coefficient (Wildman–Crippen LogP) is 12.8. The maximum absolute atomic E-state index is 14.5. The molecule has 0 amide bonds. The van der Waals surface area contributed by atoms with E-state index in [0.29, 0.717) is 5.56 Å². The molecule has 4 heteroatoms. The van der Waals surface area contributed by atoms with Crippen molar-refractivity contribution in [3.05, 3.63) is 221 Å². The third kappa shape index (κ3) is 4.34. The van der Waals surface area contributed by atoms with Gasteiger partial charge in [-0.3, -0.25) is 4.79 Å². The lowest BCUT2D eigenvalue weighted by molar-refractivity contribution is 0.103. The number of furan rings is 1. The van der Waals surface area contributed by atoms with Gasteiger partial charge in [-0.05, 0) is 88.0 Å². The van der Waals surface area contributed by atoms with Crippen LogP contribution in [0.3, 0.4) is 0 Å². The second kappa shape index (κ2) is 11.7. The number of hydrogen-bond donors (Lipinski definition) is 0. The van der Waals surface area contributed by atoms with Crippen molar-refractivity contribution in [2.75, 3.05) is 4.90 Å². The Kier molecular flexibility index (Phi) is 6.58. The van der Waals surface area contributed by atoms with Crippen molar-refractivity contribution in [2.45, 2.75) is 5.41 Å². The van der Waals surface area contributed by atoms with E-state index in [1.807, 2.05) is 72.8 Å². The molecule has 8 aromatic carbocycles. The van der Waals surface area contributed by atoms with E-state index in [4.69, 9.17) is 9.15 Å². The third-order valence-corrected chi connectivity index (χ3v) is 11.1. The van der Waals surface area contributed by atoms with E-state index in [2.05, 4.69) is 120 Å². The highest BCUT2D eigenvalue weighted by Gasteiger charge is 2.46. The van der Waals surface area contributed by atoms with Crippen LogP contribution >= 0.6 is 0 Å². The largest absolute Gasteiger partial charge is 0.456 e. The molecule has 1 aromatic heterocycles. The van der Waals surface area contributed by atoms with Crippen LogP contribution in [0.4, 0.5) is 17.1 Å². The van der Waals surface area contributed by atoms with E-state index in [1.54, 1.807) is 0 Å². The van der Waals surface area contributed by atoms with E-state index in [-0.39, 0.29) is 5.78 Å². The summed E-state index contributed by atoms with van der Waals surface area (Å²) in [5.74, 6) is 1.66. The van der Waals surface area contributed by atoms with E-state index in [9.17, 15) is 4.79 Å². The molecule has 4 nitrogen and oxygen atoms in total. The molecule has 9 aromatic rings. The highest BCUT2D eigenvalue weighted by atomic mass is 16.5. The molecule has 0 N–H and O–H groups in total. The lowest BCUT2D eigenvalue weighted by atomic mass is 9.59. The van der Waals surface area contributed by atoms with Crippen molar-refractivity contribution in [3.8, 4) is 22.6 Å². The summed E-state index contributed by atoms with van der Waals surface area (Å²) in [6, 6.07) is 64.5. The summed E-state index contributed by atoms with van der Waals surface area (Å²) in [5, 5.41) is 2.05. The molecule has 0 saturated carbocycles. The number of carbonyl (C=O) groups is 1. The molecular weight excluding hydrogens is 663 g/mol. The van der Waals surface area contributed by atoms with Crippen LogP contribution in [0.25, 0.3) is 33.1 Å². The monoisotopic (exact) mass is 693 g/mol. The van der Waals surface area contributed by atoms with E-state index < -0.39 is 5.41 Å². The quantitative estimate of drug-likeness (QED) is 0.184. The predicted molar refractivity (Wildman–Crippen MR) is 216 cm³/mol. The molecule has 2 aliphatic rings. The zero-order valence-electron chi connectivity index (χ0n) is 29.1. The van der Waals surface area contributed by atoms with Gasteiger partial charge in [-0.2, -0.15) is 0 Å². The smallest absolute Gasteiger partial charge is 0.193 e. The average Bonchev–Trinajstić information content (AvgIpc) is 3.61. The number of fused-ring (bicyclic) bond motifs is 7. The minimum Gasteiger partial charge on any atom is -0.456 e. The number of ether oxygens (including phenoxy) is 1. The van der Waals surface area contributed by atoms with Crippen molar-refractivity contribution >= 4 is 44.8 Å². The number of hydrogen-bond acceptors (Lipinski definition) is 4. The molecule has 0 fully saturated rings. The van der Waals surface area contributed by atoms with Crippen molar-refractivity contribution < 1.29 is 13.9 Å². The van der Waals surface area contributed by atoms with Crippen LogP contribution in [0.2, 0.25) is 0 Å². The SMILES string of the molecule is O=C1c2ccccc2C(c2ccccc2)(c2ccccc2)c2ccc(-c3ccc4oc5cc(N6c7ccccc7Oc7ccccc76)ccc5c4c3)cc21. The van der Waals surface area contributed by atoms with Crippen molar-refractivity contribution in [1.82, 2.24) is 0 Å². The van der Waals surface area contributed by atoms with Crippen LogP contribution in [0.1, 0.15) is 38.2 Å². The van der Waals surface area contributed by atoms with Gasteiger partial charge in [-0.15, -0.1) is 0 Å². The fourth-order valence-electron chi connectivity index (χ4n) is 8.77. The van der Waals surface area contributed by atoms with Gasteiger partial charge in [0.15, 0.2) is 17.3 Å². The van der Waals surface area contributed by atoms with Gasteiger partial charge in [-0.1, -0.05) is 127 Å². The Morgan fingerprint density at radius 2 is 1.04 bits per heavy atom. The summed E-state index contributed by atoms with van der Waals surface area (Å²) < 4.78 is 12.8. The Morgan fingerprint density at radius 1 is 0.444 bits per heavy atom. The van der Waals surface area contributed by atoms with E-state index in [1.165, 1.54) is 0 Å². The summed E-state index contributed by atoms with van der Waals surface area (Å²) >= 11 is 0. The number of benzene rings is 8. The minimum absolute atomic E-state index is 0.0403. The molecular formula is C50H31NO3. The lowest BCUT2D eigenvalue weighted by Gasteiger charge is -2.41. The topological polar surface area (TPSA) is 42.7 Å². The van der Waals surface area contributed by atoms with Gasteiger partial charge >= 0.3 is 0 Å². The highest BCUT2D eigenvalue weighted by Crippen LogP contribution is 2.53. The molecule has 254 valence electrons. The van der Waals surface area contributed by atoms with E-state index >= 15 is 0 Å². The molecule has 1 aliphatic carbocycles. The first-order valence-corrected chi connectivity index (χ1v) is 18.2. The van der Waals surface area contributed by atoms with Gasteiger partial charge in [0.05, 0.1) is 22.5 Å². The second-order valence-electron chi connectivity index (χ2n) is 14.0. The summed E-state index contributed by atoms with van der Waals surface area (Å²) in [6.07, 6.45) is 0. The van der Waals surface area contributed by atoms with Crippen molar-refractivity contribution in [3.63, 3.8) is 0 Å². The van der Waals surface area contributed by atoms with Crippen molar-refractivity contribution in [2.24, 2.45) is 0 Å². The fraction of sp³-hybridized carbons (Fsp3) is 0.0200. The van der Waals surface area contributed by atoms with Crippen LogP contribution in [0.5, 0.6) is 11.5 Å². The average molecular weight is 694 g/mol. The Hall–Kier alpha value is -7.17. The molecule has 0 bridgehead atoms. The first-order chi connectivity index (χ1) is 26.7. The van der Waals surface area contributed by atoms with E-state index in [0.717, 1.165) is 89.4 Å². The molecule has 0 saturated heterocycles. The molecule has 54 heavy (non-hydrogen) atoms. The highest BCUT2D eigenvalue weighted by molar-refractivity contribution is 6.15. The number of rotatable bonds is 4. The Bertz CT molecular complexity index is 2860. The Labute approximate surface area is 312 Å². The number of anilines is 3. The minimum atomic E-state index is -0.662. The number of carbonyl (C=O) groups excluding carboxylic acids is 1. The summed E-state index contributed by atoms with van der Waals surface area (Å²) in [7, 11) is 0. The number of nitrogens with zero attached hydrogens (tertiary/aromatic N) is 1. The second-order valence-corrected chi connectivity index (χ2v) is 14.0. The van der Waals surface area contributed by atoms with Gasteiger partial charge < -0.3 is 14.1 Å². The first kappa shape index (κ1) is 30.5. The summed E-state index contributed by atoms with van der Waals surface area (Å²) in [5.41, 5.74) is 11.6. The molecule has 0 atom stereocenters. The van der Waals surface area contributed by atoms with Gasteiger partial charge in [0.25, 0.3) is 0 Å². The lowest BCUT2D eigenvalue weighted by Crippen LogP contribution is -2.38. The van der Waals surface area contributed by atoms with Crippen LogP contribution in [-0.4, -0.2) is 5.78 Å². The Morgan fingerprint density at radius 3 is 1.76 bits per heavy atom. The zero-order valence-corrected chi connectivity index (χ0v) is 29.1. The van der Waals surface area contributed by atoms with Gasteiger partial charge in [0, 0.05) is 28.0 Å². The molecule has 11 rings (SSSR count). The first-order valence-electron chi connectivity index (χ1n) is 18.2. The summed E-state index contributed by atoms with van der Waals surface area (Å²) in [4.78, 5) is 16.7. The van der Waals surface area contributed by atoms with Gasteiger partial charge in [0.2, 0.25) is 0 Å². The normalized spacial score (nSPS) is 13.9. The fourth-order valence-corrected chi connectivity index (χ4v) is 8.77.